The number of rotatable bonds is 8. The molecule has 0 unspecified atom stereocenters. The third-order valence-electron chi connectivity index (χ3n) is 3.62. The van der Waals surface area contributed by atoms with Crippen LogP contribution in [-0.2, 0) is 6.54 Å². The Morgan fingerprint density at radius 3 is 2.26 bits per heavy atom. The van der Waals surface area contributed by atoms with Crippen molar-refractivity contribution in [1.29, 1.82) is 0 Å². The van der Waals surface area contributed by atoms with Crippen LogP contribution in [0.5, 0.6) is 0 Å². The van der Waals surface area contributed by atoms with Crippen LogP contribution in [0.4, 0.5) is 0 Å². The summed E-state index contributed by atoms with van der Waals surface area (Å²) in [4.78, 5) is 0. The third-order valence-corrected chi connectivity index (χ3v) is 3.62. The van der Waals surface area contributed by atoms with E-state index >= 15 is 0 Å². The molecule has 19 heavy (non-hydrogen) atoms. The zero-order chi connectivity index (χ0) is 14.4. The first-order valence-corrected chi connectivity index (χ1v) is 7.78. The molecule has 110 valence electrons. The summed E-state index contributed by atoms with van der Waals surface area (Å²) in [5.74, 6) is 1.22. The Balaban J connectivity index is 2.87. The fourth-order valence-electron chi connectivity index (χ4n) is 2.60. The van der Waals surface area contributed by atoms with Crippen LogP contribution in [0.1, 0.15) is 77.6 Å². The van der Waals surface area contributed by atoms with Crippen LogP contribution in [0.2, 0.25) is 0 Å². The first kappa shape index (κ1) is 16.2. The van der Waals surface area contributed by atoms with Crippen LogP contribution < -0.4 is 5.32 Å². The molecule has 1 rings (SSSR count). The van der Waals surface area contributed by atoms with Gasteiger partial charge in [-0.3, -0.25) is 4.68 Å². The van der Waals surface area contributed by atoms with Crippen molar-refractivity contribution in [2.75, 3.05) is 6.54 Å². The second-order valence-corrected chi connectivity index (χ2v) is 6.15. The van der Waals surface area contributed by atoms with E-state index in [-0.39, 0.29) is 0 Å². The Morgan fingerprint density at radius 2 is 1.79 bits per heavy atom. The van der Waals surface area contributed by atoms with Gasteiger partial charge in [-0.25, -0.2) is 0 Å². The minimum atomic E-state index is 0.527. The van der Waals surface area contributed by atoms with Crippen molar-refractivity contribution < 1.29 is 0 Å². The Labute approximate surface area is 118 Å². The van der Waals surface area contributed by atoms with E-state index in [9.17, 15) is 0 Å². The van der Waals surface area contributed by atoms with Gasteiger partial charge in [0, 0.05) is 17.8 Å². The maximum Gasteiger partial charge on any atom is 0.0537 e. The second-order valence-electron chi connectivity index (χ2n) is 6.15. The molecule has 0 saturated heterocycles. The summed E-state index contributed by atoms with van der Waals surface area (Å²) in [6, 6.07) is 0.538. The Kier molecular flexibility index (Phi) is 6.56. The highest BCUT2D eigenvalue weighted by molar-refractivity contribution is 5.21. The molecule has 1 N–H and O–H groups in total. The van der Waals surface area contributed by atoms with Crippen LogP contribution >= 0.6 is 0 Å². The predicted molar refractivity (Wildman–Crippen MR) is 82.5 cm³/mol. The summed E-state index contributed by atoms with van der Waals surface area (Å²) in [6.07, 6.45) is 4.36. The third kappa shape index (κ3) is 4.34. The van der Waals surface area contributed by atoms with E-state index < -0.39 is 0 Å². The van der Waals surface area contributed by atoms with E-state index in [0.29, 0.717) is 17.9 Å². The van der Waals surface area contributed by atoms with Crippen molar-refractivity contribution in [2.24, 2.45) is 5.92 Å². The predicted octanol–water partition coefficient (Wildman–Crippen LogP) is 4.11. The fourth-order valence-corrected chi connectivity index (χ4v) is 2.60. The number of nitrogens with zero attached hydrogens (tertiary/aromatic N) is 2. The Hall–Kier alpha value is -0.830. The lowest BCUT2D eigenvalue weighted by atomic mass is 10.0. The molecule has 3 nitrogen and oxygen atoms in total. The smallest absolute Gasteiger partial charge is 0.0537 e. The van der Waals surface area contributed by atoms with E-state index in [1.165, 1.54) is 11.3 Å². The fraction of sp³-hybridized carbons (Fsp3) is 0.812. The van der Waals surface area contributed by atoms with Gasteiger partial charge in [0.05, 0.1) is 12.2 Å². The molecule has 0 fully saturated rings. The van der Waals surface area contributed by atoms with Crippen LogP contribution in [0.25, 0.3) is 0 Å². The largest absolute Gasteiger partial charge is 0.312 e. The summed E-state index contributed by atoms with van der Waals surface area (Å²) in [7, 11) is 0. The molecular formula is C16H31N3. The topological polar surface area (TPSA) is 29.9 Å². The number of nitrogens with one attached hydrogen (secondary N) is 1. The van der Waals surface area contributed by atoms with Gasteiger partial charge in [0.15, 0.2) is 0 Å². The lowest BCUT2D eigenvalue weighted by Gasteiger charge is -2.20. The summed E-state index contributed by atoms with van der Waals surface area (Å²) in [5.41, 5.74) is 2.77. The molecule has 0 amide bonds. The van der Waals surface area contributed by atoms with Gasteiger partial charge in [-0.05, 0) is 31.2 Å². The molecule has 1 aromatic rings. The molecule has 0 aliphatic rings. The molecular weight excluding hydrogens is 234 g/mol. The van der Waals surface area contributed by atoms with Gasteiger partial charge in [0.25, 0.3) is 0 Å². The summed E-state index contributed by atoms with van der Waals surface area (Å²) in [5, 5.41) is 8.19. The van der Waals surface area contributed by atoms with Crippen LogP contribution in [0.15, 0.2) is 6.20 Å². The molecule has 0 aliphatic carbocycles. The van der Waals surface area contributed by atoms with Crippen LogP contribution in [0.3, 0.4) is 0 Å². The van der Waals surface area contributed by atoms with Crippen molar-refractivity contribution in [3.8, 4) is 0 Å². The highest BCUT2D eigenvalue weighted by Crippen LogP contribution is 2.25. The minimum Gasteiger partial charge on any atom is -0.312 e. The van der Waals surface area contributed by atoms with Crippen LogP contribution in [0, 0.1) is 5.92 Å². The number of aromatic nitrogens is 2. The van der Waals surface area contributed by atoms with E-state index in [2.05, 4.69) is 62.8 Å². The van der Waals surface area contributed by atoms with Gasteiger partial charge in [-0.15, -0.1) is 0 Å². The van der Waals surface area contributed by atoms with E-state index in [1.54, 1.807) is 0 Å². The summed E-state index contributed by atoms with van der Waals surface area (Å²) >= 11 is 0. The highest BCUT2D eigenvalue weighted by Gasteiger charge is 2.18. The molecule has 1 aromatic heterocycles. The molecule has 1 heterocycles. The van der Waals surface area contributed by atoms with E-state index in [4.69, 9.17) is 0 Å². The molecule has 0 radical (unpaired) electrons. The number of hydrogen-bond acceptors (Lipinski definition) is 2. The molecule has 0 aliphatic heterocycles. The average Bonchev–Trinajstić information content (AvgIpc) is 2.74. The first-order chi connectivity index (χ1) is 9.01. The van der Waals surface area contributed by atoms with Gasteiger partial charge in [-0.1, -0.05) is 41.5 Å². The van der Waals surface area contributed by atoms with Gasteiger partial charge >= 0.3 is 0 Å². The van der Waals surface area contributed by atoms with Crippen molar-refractivity contribution in [3.63, 3.8) is 0 Å². The normalized spacial score (nSPS) is 12.1. The Morgan fingerprint density at radius 1 is 1.16 bits per heavy atom. The maximum atomic E-state index is 4.65. The zero-order valence-corrected chi connectivity index (χ0v) is 13.5. The second kappa shape index (κ2) is 7.68. The molecule has 0 aromatic carbocycles. The van der Waals surface area contributed by atoms with Crippen molar-refractivity contribution in [2.45, 2.75) is 72.9 Å². The van der Waals surface area contributed by atoms with E-state index in [1.807, 2.05) is 0 Å². The monoisotopic (exact) mass is 265 g/mol. The van der Waals surface area contributed by atoms with Gasteiger partial charge in [0.2, 0.25) is 0 Å². The lowest BCUT2D eigenvalue weighted by molar-refractivity contribution is 0.407. The van der Waals surface area contributed by atoms with Crippen LogP contribution in [-0.4, -0.2) is 16.3 Å². The zero-order valence-electron chi connectivity index (χ0n) is 13.5. The average molecular weight is 265 g/mol. The molecule has 0 bridgehead atoms. The molecule has 3 heteroatoms. The maximum absolute atomic E-state index is 4.65. The SMILES string of the molecule is CCC(CC)n1ncc(CNCC(C)C)c1C(C)C. The van der Waals surface area contributed by atoms with Gasteiger partial charge < -0.3 is 5.32 Å². The Bertz CT molecular complexity index is 362. The molecule has 0 saturated carbocycles. The van der Waals surface area contributed by atoms with E-state index in [0.717, 1.165) is 25.9 Å². The number of hydrogen-bond donors (Lipinski definition) is 1. The minimum absolute atomic E-state index is 0.527. The van der Waals surface area contributed by atoms with Gasteiger partial charge in [-0.2, -0.15) is 5.10 Å². The first-order valence-electron chi connectivity index (χ1n) is 7.78. The molecule has 0 spiro atoms. The van der Waals surface area contributed by atoms with Gasteiger partial charge in [0.1, 0.15) is 0 Å². The lowest BCUT2D eigenvalue weighted by Crippen LogP contribution is -2.20. The van der Waals surface area contributed by atoms with Crippen molar-refractivity contribution in [1.82, 2.24) is 15.1 Å². The summed E-state index contributed by atoms with van der Waals surface area (Å²) in [6.45, 7) is 15.5. The quantitative estimate of drug-likeness (QED) is 0.766. The van der Waals surface area contributed by atoms with Crippen molar-refractivity contribution >= 4 is 0 Å². The summed E-state index contributed by atoms with van der Waals surface area (Å²) < 4.78 is 2.26. The molecule has 0 atom stereocenters. The standard InChI is InChI=1S/C16H31N3/c1-7-15(8-2)19-16(13(5)6)14(11-18-19)10-17-9-12(3)4/h11-13,15,17H,7-10H2,1-6H3. The van der Waals surface area contributed by atoms with Crippen molar-refractivity contribution in [3.05, 3.63) is 17.5 Å². The highest BCUT2D eigenvalue weighted by atomic mass is 15.3.